The number of alkyl halides is 3. The molecule has 0 amide bonds. The van der Waals surface area contributed by atoms with Gasteiger partial charge in [0.25, 0.3) is 0 Å². The van der Waals surface area contributed by atoms with Crippen LogP contribution in [0.2, 0.25) is 0 Å². The van der Waals surface area contributed by atoms with Crippen molar-refractivity contribution in [1.82, 2.24) is 5.32 Å². The van der Waals surface area contributed by atoms with Gasteiger partial charge in [0.05, 0.1) is 0 Å². The van der Waals surface area contributed by atoms with Gasteiger partial charge in [-0.2, -0.15) is 21.6 Å². The number of hydrogen-bond acceptors (Lipinski definition) is 5. The van der Waals surface area contributed by atoms with Gasteiger partial charge in [0.1, 0.15) is 5.75 Å². The van der Waals surface area contributed by atoms with Crippen LogP contribution >= 0.6 is 11.8 Å². The lowest BCUT2D eigenvalue weighted by atomic mass is 10.2. The minimum absolute atomic E-state index is 0.333. The van der Waals surface area contributed by atoms with Crippen molar-refractivity contribution in [1.29, 1.82) is 0 Å². The van der Waals surface area contributed by atoms with Gasteiger partial charge in [-0.05, 0) is 23.8 Å². The van der Waals surface area contributed by atoms with Crippen LogP contribution in [0.5, 0.6) is 5.75 Å². The summed E-state index contributed by atoms with van der Waals surface area (Å²) in [5, 5.41) is 3.08. The zero-order chi connectivity index (χ0) is 14.1. The molecule has 0 bridgehead atoms. The third-order valence-electron chi connectivity index (χ3n) is 2.37. The molecular formula is C10H10F3NO3S2. The van der Waals surface area contributed by atoms with Crippen molar-refractivity contribution >= 4 is 21.9 Å². The Kier molecular flexibility index (Phi) is 3.98. The number of benzene rings is 1. The molecule has 0 fully saturated rings. The van der Waals surface area contributed by atoms with Gasteiger partial charge in [0.2, 0.25) is 0 Å². The highest BCUT2D eigenvalue weighted by molar-refractivity contribution is 7.99. The molecule has 106 valence electrons. The fourth-order valence-electron chi connectivity index (χ4n) is 1.52. The van der Waals surface area contributed by atoms with Crippen molar-refractivity contribution < 1.29 is 25.8 Å². The molecule has 0 atom stereocenters. The molecule has 0 aromatic heterocycles. The van der Waals surface area contributed by atoms with Crippen LogP contribution in [-0.2, 0) is 16.7 Å². The molecule has 19 heavy (non-hydrogen) atoms. The summed E-state index contributed by atoms with van der Waals surface area (Å²) in [4.78, 5) is 0.904. The van der Waals surface area contributed by atoms with E-state index in [0.717, 1.165) is 22.8 Å². The molecule has 1 aliphatic heterocycles. The molecule has 0 unspecified atom stereocenters. The van der Waals surface area contributed by atoms with Gasteiger partial charge in [0.15, 0.2) is 0 Å². The predicted octanol–water partition coefficient (Wildman–Crippen LogP) is 2.11. The van der Waals surface area contributed by atoms with Crippen LogP contribution in [0.4, 0.5) is 13.2 Å². The highest BCUT2D eigenvalue weighted by atomic mass is 32.2. The molecule has 0 radical (unpaired) electrons. The molecule has 1 aliphatic rings. The maximum absolute atomic E-state index is 12.2. The van der Waals surface area contributed by atoms with E-state index in [1.807, 2.05) is 0 Å². The molecule has 1 heterocycles. The summed E-state index contributed by atoms with van der Waals surface area (Å²) in [5.41, 5.74) is -4.70. The SMILES string of the molecule is O=S(=O)(Oc1ccc2c(c1)CNCCS2)C(F)(F)F. The van der Waals surface area contributed by atoms with Gasteiger partial charge in [0, 0.05) is 23.7 Å². The molecular weight excluding hydrogens is 303 g/mol. The van der Waals surface area contributed by atoms with E-state index in [0.29, 0.717) is 6.54 Å². The summed E-state index contributed by atoms with van der Waals surface area (Å²) < 4.78 is 62.4. The lowest BCUT2D eigenvalue weighted by Crippen LogP contribution is -2.28. The van der Waals surface area contributed by atoms with E-state index in [1.165, 1.54) is 12.1 Å². The molecule has 1 aromatic carbocycles. The molecule has 0 saturated heterocycles. The Bertz CT molecular complexity index is 572. The number of nitrogens with one attached hydrogen (secondary N) is 1. The quantitative estimate of drug-likeness (QED) is 0.669. The van der Waals surface area contributed by atoms with Crippen molar-refractivity contribution in [2.24, 2.45) is 0 Å². The number of hydrogen-bond donors (Lipinski definition) is 1. The van der Waals surface area contributed by atoms with E-state index in [-0.39, 0.29) is 5.75 Å². The monoisotopic (exact) mass is 313 g/mol. The minimum atomic E-state index is -5.61. The first kappa shape index (κ1) is 14.5. The van der Waals surface area contributed by atoms with Crippen LogP contribution in [0.1, 0.15) is 5.56 Å². The highest BCUT2D eigenvalue weighted by Gasteiger charge is 2.48. The van der Waals surface area contributed by atoms with Gasteiger partial charge in [-0.3, -0.25) is 0 Å². The maximum atomic E-state index is 12.2. The summed E-state index contributed by atoms with van der Waals surface area (Å²) in [6.07, 6.45) is 0. The Morgan fingerprint density at radius 3 is 2.74 bits per heavy atom. The van der Waals surface area contributed by atoms with Gasteiger partial charge < -0.3 is 9.50 Å². The van der Waals surface area contributed by atoms with Crippen molar-refractivity contribution in [2.75, 3.05) is 12.3 Å². The molecule has 4 nitrogen and oxygen atoms in total. The zero-order valence-corrected chi connectivity index (χ0v) is 11.2. The smallest absolute Gasteiger partial charge is 0.376 e. The summed E-state index contributed by atoms with van der Waals surface area (Å²) in [6, 6.07) is 4.10. The zero-order valence-electron chi connectivity index (χ0n) is 9.53. The van der Waals surface area contributed by atoms with Gasteiger partial charge in [-0.25, -0.2) is 0 Å². The minimum Gasteiger partial charge on any atom is -0.376 e. The molecule has 1 N–H and O–H groups in total. The Morgan fingerprint density at radius 2 is 2.05 bits per heavy atom. The topological polar surface area (TPSA) is 55.4 Å². The molecule has 1 aromatic rings. The molecule has 0 saturated carbocycles. The number of fused-ring (bicyclic) bond motifs is 1. The van der Waals surface area contributed by atoms with Crippen LogP contribution in [-0.4, -0.2) is 26.2 Å². The lowest BCUT2D eigenvalue weighted by Gasteiger charge is -2.11. The van der Waals surface area contributed by atoms with E-state index in [9.17, 15) is 21.6 Å². The second-order valence-electron chi connectivity index (χ2n) is 3.78. The predicted molar refractivity (Wildman–Crippen MR) is 64.5 cm³/mol. The van der Waals surface area contributed by atoms with E-state index in [4.69, 9.17) is 0 Å². The second kappa shape index (κ2) is 5.22. The van der Waals surface area contributed by atoms with Crippen molar-refractivity contribution in [2.45, 2.75) is 16.9 Å². The average molecular weight is 313 g/mol. The average Bonchev–Trinajstić information content (AvgIpc) is 2.51. The highest BCUT2D eigenvalue weighted by Crippen LogP contribution is 2.31. The number of halogens is 3. The van der Waals surface area contributed by atoms with Crippen molar-refractivity contribution in [3.8, 4) is 5.75 Å². The Balaban J connectivity index is 2.26. The van der Waals surface area contributed by atoms with E-state index < -0.39 is 15.6 Å². The van der Waals surface area contributed by atoms with Crippen LogP contribution in [0.15, 0.2) is 23.1 Å². The van der Waals surface area contributed by atoms with Gasteiger partial charge in [-0.1, -0.05) is 0 Å². The fourth-order valence-corrected chi connectivity index (χ4v) is 2.92. The molecule has 0 aliphatic carbocycles. The number of rotatable bonds is 2. The van der Waals surface area contributed by atoms with Crippen molar-refractivity contribution in [3.63, 3.8) is 0 Å². The lowest BCUT2D eigenvalue weighted by molar-refractivity contribution is -0.0500. The third-order valence-corrected chi connectivity index (χ3v) is 4.47. The summed E-state index contributed by atoms with van der Waals surface area (Å²) in [7, 11) is -5.61. The fraction of sp³-hybridized carbons (Fsp3) is 0.400. The molecule has 2 rings (SSSR count). The first-order chi connectivity index (χ1) is 8.79. The van der Waals surface area contributed by atoms with E-state index in [2.05, 4.69) is 9.50 Å². The second-order valence-corrected chi connectivity index (χ2v) is 6.45. The van der Waals surface area contributed by atoms with Crippen LogP contribution in [0.3, 0.4) is 0 Å². The summed E-state index contributed by atoms with van der Waals surface area (Å²) in [6.45, 7) is 1.24. The Hall–Kier alpha value is -0.930. The first-order valence-electron chi connectivity index (χ1n) is 5.27. The largest absolute Gasteiger partial charge is 0.534 e. The van der Waals surface area contributed by atoms with E-state index >= 15 is 0 Å². The standard InChI is InChI=1S/C10H10F3NO3S2/c11-10(12,13)19(15,16)17-8-1-2-9-7(5-8)6-14-3-4-18-9/h1-2,5,14H,3-4,6H2. The van der Waals surface area contributed by atoms with Crippen molar-refractivity contribution in [3.05, 3.63) is 23.8 Å². The van der Waals surface area contributed by atoms with Crippen LogP contribution in [0.25, 0.3) is 0 Å². The third kappa shape index (κ3) is 3.34. The normalized spacial score (nSPS) is 16.6. The Morgan fingerprint density at radius 1 is 1.32 bits per heavy atom. The molecule has 9 heteroatoms. The maximum Gasteiger partial charge on any atom is 0.534 e. The van der Waals surface area contributed by atoms with Gasteiger partial charge in [-0.15, -0.1) is 11.8 Å². The van der Waals surface area contributed by atoms with E-state index in [1.54, 1.807) is 17.8 Å². The molecule has 0 spiro atoms. The summed E-state index contributed by atoms with van der Waals surface area (Å²) >= 11 is 1.55. The van der Waals surface area contributed by atoms with Crippen LogP contribution < -0.4 is 9.50 Å². The Labute approximate surface area is 112 Å². The summed E-state index contributed by atoms with van der Waals surface area (Å²) in [5.74, 6) is 0.508. The van der Waals surface area contributed by atoms with Gasteiger partial charge >= 0.3 is 15.6 Å². The number of thioether (sulfide) groups is 1. The first-order valence-corrected chi connectivity index (χ1v) is 7.66. The van der Waals surface area contributed by atoms with Crippen LogP contribution in [0, 0.1) is 0 Å².